The highest BCUT2D eigenvalue weighted by Crippen LogP contribution is 2.14. The van der Waals surface area contributed by atoms with Crippen LogP contribution in [0.1, 0.15) is 5.56 Å². The third kappa shape index (κ3) is 3.38. The van der Waals surface area contributed by atoms with Crippen LogP contribution in [-0.4, -0.2) is 7.11 Å². The van der Waals surface area contributed by atoms with Crippen LogP contribution in [-0.2, 0) is 0 Å². The molecule has 0 amide bonds. The SMILES string of the molecule is COc1cccc(C=COc2ccccc2)c1. The highest BCUT2D eigenvalue weighted by Gasteiger charge is 1.91. The molecule has 0 aliphatic heterocycles. The van der Waals surface area contributed by atoms with Crippen molar-refractivity contribution in [3.63, 3.8) is 0 Å². The fraction of sp³-hybridized carbons (Fsp3) is 0.0667. The van der Waals surface area contributed by atoms with E-state index in [2.05, 4.69) is 0 Å². The molecular formula is C15H14O2. The summed E-state index contributed by atoms with van der Waals surface area (Å²) in [6.45, 7) is 0. The first-order valence-electron chi connectivity index (χ1n) is 5.41. The molecule has 0 spiro atoms. The van der Waals surface area contributed by atoms with Gasteiger partial charge in [0.1, 0.15) is 11.5 Å². The van der Waals surface area contributed by atoms with Gasteiger partial charge in [0, 0.05) is 0 Å². The zero-order chi connectivity index (χ0) is 11.9. The molecule has 0 aromatic heterocycles. The van der Waals surface area contributed by atoms with Gasteiger partial charge in [-0.2, -0.15) is 0 Å². The number of methoxy groups -OCH3 is 1. The van der Waals surface area contributed by atoms with Gasteiger partial charge in [0.2, 0.25) is 0 Å². The molecule has 2 rings (SSSR count). The van der Waals surface area contributed by atoms with Crippen LogP contribution in [0.25, 0.3) is 6.08 Å². The molecule has 0 N–H and O–H groups in total. The Bertz CT molecular complexity index is 489. The largest absolute Gasteiger partial charge is 0.497 e. The van der Waals surface area contributed by atoms with Crippen molar-refractivity contribution < 1.29 is 9.47 Å². The Morgan fingerprint density at radius 3 is 2.41 bits per heavy atom. The molecule has 0 aliphatic carbocycles. The van der Waals surface area contributed by atoms with Gasteiger partial charge in [0.05, 0.1) is 13.4 Å². The monoisotopic (exact) mass is 226 g/mol. The minimum Gasteiger partial charge on any atom is -0.497 e. The molecule has 86 valence electrons. The summed E-state index contributed by atoms with van der Waals surface area (Å²) < 4.78 is 10.6. The van der Waals surface area contributed by atoms with E-state index in [0.29, 0.717) is 0 Å². The molecule has 0 heterocycles. The summed E-state index contributed by atoms with van der Waals surface area (Å²) in [4.78, 5) is 0. The fourth-order valence-corrected chi connectivity index (χ4v) is 1.44. The Hall–Kier alpha value is -2.22. The normalized spacial score (nSPS) is 10.4. The zero-order valence-corrected chi connectivity index (χ0v) is 9.67. The molecule has 0 aliphatic rings. The quantitative estimate of drug-likeness (QED) is 0.739. The van der Waals surface area contributed by atoms with E-state index in [1.165, 1.54) is 0 Å². The fourth-order valence-electron chi connectivity index (χ4n) is 1.44. The lowest BCUT2D eigenvalue weighted by atomic mass is 10.2. The summed E-state index contributed by atoms with van der Waals surface area (Å²) in [6, 6.07) is 17.5. The summed E-state index contributed by atoms with van der Waals surface area (Å²) >= 11 is 0. The molecule has 2 aromatic rings. The number of hydrogen-bond donors (Lipinski definition) is 0. The maximum atomic E-state index is 5.46. The van der Waals surface area contributed by atoms with Gasteiger partial charge in [0.25, 0.3) is 0 Å². The summed E-state index contributed by atoms with van der Waals surface area (Å²) in [7, 11) is 1.66. The molecule has 0 unspecified atom stereocenters. The molecule has 17 heavy (non-hydrogen) atoms. The highest BCUT2D eigenvalue weighted by molar-refractivity contribution is 5.51. The molecule has 2 heteroatoms. The number of rotatable bonds is 4. The first kappa shape index (κ1) is 11.3. The van der Waals surface area contributed by atoms with Gasteiger partial charge in [0.15, 0.2) is 0 Å². The molecule has 0 bridgehead atoms. The van der Waals surface area contributed by atoms with Crippen molar-refractivity contribution in [3.05, 3.63) is 66.4 Å². The Labute approximate surface area is 101 Å². The minimum atomic E-state index is 0.826. The lowest BCUT2D eigenvalue weighted by molar-refractivity contribution is 0.414. The number of hydrogen-bond acceptors (Lipinski definition) is 2. The van der Waals surface area contributed by atoms with Gasteiger partial charge >= 0.3 is 0 Å². The van der Waals surface area contributed by atoms with Crippen molar-refractivity contribution in [2.45, 2.75) is 0 Å². The van der Waals surface area contributed by atoms with Crippen LogP contribution in [0.5, 0.6) is 11.5 Å². The maximum absolute atomic E-state index is 5.46. The Morgan fingerprint density at radius 2 is 1.65 bits per heavy atom. The lowest BCUT2D eigenvalue weighted by Gasteiger charge is -2.01. The summed E-state index contributed by atoms with van der Waals surface area (Å²) in [5.41, 5.74) is 1.04. The van der Waals surface area contributed by atoms with Crippen molar-refractivity contribution in [3.8, 4) is 11.5 Å². The molecule has 0 saturated carbocycles. The highest BCUT2D eigenvalue weighted by atomic mass is 16.5. The third-order valence-corrected chi connectivity index (χ3v) is 2.30. The van der Waals surface area contributed by atoms with Gasteiger partial charge in [-0.1, -0.05) is 30.3 Å². The van der Waals surface area contributed by atoms with Gasteiger partial charge < -0.3 is 9.47 Å². The number of ether oxygens (including phenoxy) is 2. The number of benzene rings is 2. The van der Waals surface area contributed by atoms with Crippen molar-refractivity contribution in [1.82, 2.24) is 0 Å². The van der Waals surface area contributed by atoms with Gasteiger partial charge in [-0.3, -0.25) is 0 Å². The van der Waals surface area contributed by atoms with Gasteiger partial charge in [-0.25, -0.2) is 0 Å². The molecule has 2 aromatic carbocycles. The van der Waals surface area contributed by atoms with Crippen LogP contribution in [0.3, 0.4) is 0 Å². The van der Waals surface area contributed by atoms with E-state index in [0.717, 1.165) is 17.1 Å². The lowest BCUT2D eigenvalue weighted by Crippen LogP contribution is -1.83. The topological polar surface area (TPSA) is 18.5 Å². The molecule has 0 atom stereocenters. The minimum absolute atomic E-state index is 0.826. The standard InChI is InChI=1S/C15H14O2/c1-16-15-9-5-6-13(12-15)10-11-17-14-7-3-2-4-8-14/h2-12H,1H3. The van der Waals surface area contributed by atoms with E-state index in [-0.39, 0.29) is 0 Å². The zero-order valence-electron chi connectivity index (χ0n) is 9.67. The van der Waals surface area contributed by atoms with Crippen LogP contribution in [0.15, 0.2) is 60.9 Å². The van der Waals surface area contributed by atoms with Crippen molar-refractivity contribution >= 4 is 6.08 Å². The van der Waals surface area contributed by atoms with E-state index >= 15 is 0 Å². The molecular weight excluding hydrogens is 212 g/mol. The van der Waals surface area contributed by atoms with E-state index in [4.69, 9.17) is 9.47 Å². The van der Waals surface area contributed by atoms with Crippen molar-refractivity contribution in [1.29, 1.82) is 0 Å². The van der Waals surface area contributed by atoms with E-state index in [1.807, 2.05) is 60.7 Å². The smallest absolute Gasteiger partial charge is 0.126 e. The second-order valence-electron chi connectivity index (χ2n) is 3.51. The van der Waals surface area contributed by atoms with Crippen molar-refractivity contribution in [2.24, 2.45) is 0 Å². The Morgan fingerprint density at radius 1 is 0.882 bits per heavy atom. The third-order valence-electron chi connectivity index (χ3n) is 2.30. The molecule has 0 radical (unpaired) electrons. The second kappa shape index (κ2) is 5.75. The van der Waals surface area contributed by atoms with E-state index in [9.17, 15) is 0 Å². The Balaban J connectivity index is 2.00. The van der Waals surface area contributed by atoms with Gasteiger partial charge in [-0.15, -0.1) is 0 Å². The summed E-state index contributed by atoms with van der Waals surface area (Å²) in [5.74, 6) is 1.67. The Kier molecular flexibility index (Phi) is 3.81. The number of para-hydroxylation sites is 1. The summed E-state index contributed by atoms with van der Waals surface area (Å²) in [5, 5.41) is 0. The molecule has 0 saturated heterocycles. The summed E-state index contributed by atoms with van der Waals surface area (Å²) in [6.07, 6.45) is 3.57. The molecule has 2 nitrogen and oxygen atoms in total. The van der Waals surface area contributed by atoms with E-state index in [1.54, 1.807) is 13.4 Å². The average molecular weight is 226 g/mol. The van der Waals surface area contributed by atoms with Gasteiger partial charge in [-0.05, 0) is 35.9 Å². The molecule has 0 fully saturated rings. The first-order valence-corrected chi connectivity index (χ1v) is 5.41. The average Bonchev–Trinajstić information content (AvgIpc) is 2.40. The predicted octanol–water partition coefficient (Wildman–Crippen LogP) is 3.74. The van der Waals surface area contributed by atoms with E-state index < -0.39 is 0 Å². The van der Waals surface area contributed by atoms with Crippen LogP contribution >= 0.6 is 0 Å². The maximum Gasteiger partial charge on any atom is 0.126 e. The van der Waals surface area contributed by atoms with Crippen molar-refractivity contribution in [2.75, 3.05) is 7.11 Å². The predicted molar refractivity (Wildman–Crippen MR) is 69.1 cm³/mol. The van der Waals surface area contributed by atoms with Crippen LogP contribution in [0.4, 0.5) is 0 Å². The van der Waals surface area contributed by atoms with Crippen LogP contribution in [0.2, 0.25) is 0 Å². The van der Waals surface area contributed by atoms with Crippen LogP contribution in [0, 0.1) is 0 Å². The van der Waals surface area contributed by atoms with Crippen LogP contribution < -0.4 is 9.47 Å². The second-order valence-corrected chi connectivity index (χ2v) is 3.51. The first-order chi connectivity index (χ1) is 8.38.